The zero-order chi connectivity index (χ0) is 21.2. The molecule has 26 heavy (non-hydrogen) atoms. The number of hydrogen-bond donors (Lipinski definition) is 0. The molecule has 1 atom stereocenters. The average Bonchev–Trinajstić information content (AvgIpc) is 2.49. The lowest BCUT2D eigenvalue weighted by atomic mass is 9.72. The summed E-state index contributed by atoms with van der Waals surface area (Å²) < 4.78 is 96.8. The van der Waals surface area contributed by atoms with Crippen LogP contribution in [0, 0.1) is 10.8 Å². The highest BCUT2D eigenvalue weighted by Gasteiger charge is 2.73. The van der Waals surface area contributed by atoms with Crippen molar-refractivity contribution in [2.24, 2.45) is 10.8 Å². The minimum absolute atomic E-state index is 0.193. The molecule has 0 aliphatic heterocycles. The lowest BCUT2D eigenvalue weighted by Crippen LogP contribution is -2.54. The second-order valence-electron chi connectivity index (χ2n) is 6.82. The van der Waals surface area contributed by atoms with Crippen LogP contribution in [-0.4, -0.2) is 43.7 Å². The van der Waals surface area contributed by atoms with Crippen LogP contribution in [0.1, 0.15) is 40.5 Å². The molecule has 0 saturated heterocycles. The molecule has 0 fully saturated rings. The lowest BCUT2D eigenvalue weighted by molar-refractivity contribution is -0.360. The van der Waals surface area contributed by atoms with Gasteiger partial charge in [-0.1, -0.05) is 6.92 Å². The summed E-state index contributed by atoms with van der Waals surface area (Å²) >= 11 is 0. The molecule has 0 aromatic rings. The number of carbonyl (C=O) groups excluding carboxylic acids is 2. The topological polar surface area (TPSA) is 52.6 Å². The smallest absolute Gasteiger partial charge is 0.460 e. The molecule has 0 aromatic carbocycles. The Morgan fingerprint density at radius 2 is 1.35 bits per heavy atom. The van der Waals surface area contributed by atoms with E-state index in [2.05, 4.69) is 9.47 Å². The minimum Gasteiger partial charge on any atom is -0.469 e. The third-order valence-corrected chi connectivity index (χ3v) is 4.04. The van der Waals surface area contributed by atoms with Gasteiger partial charge in [0, 0.05) is 0 Å². The first-order valence-electron chi connectivity index (χ1n) is 7.46. The van der Waals surface area contributed by atoms with Crippen molar-refractivity contribution >= 4 is 11.9 Å². The number of methoxy groups -OCH3 is 1. The molecule has 0 rings (SSSR count). The van der Waals surface area contributed by atoms with E-state index in [0.717, 1.165) is 7.11 Å². The van der Waals surface area contributed by atoms with Crippen molar-refractivity contribution < 1.29 is 49.8 Å². The molecule has 0 aliphatic rings. The van der Waals surface area contributed by atoms with Crippen LogP contribution in [0.3, 0.4) is 0 Å². The van der Waals surface area contributed by atoms with E-state index in [1.807, 2.05) is 0 Å². The van der Waals surface area contributed by atoms with E-state index in [0.29, 0.717) is 0 Å². The monoisotopic (exact) mass is 398 g/mol. The predicted molar refractivity (Wildman–Crippen MR) is 75.7 cm³/mol. The number of carbonyl (C=O) groups is 2. The predicted octanol–water partition coefficient (Wildman–Crippen LogP) is 4.37. The van der Waals surface area contributed by atoms with Crippen LogP contribution in [-0.2, 0) is 19.1 Å². The third-order valence-electron chi connectivity index (χ3n) is 4.04. The Labute approximate surface area is 146 Å². The molecule has 0 bridgehead atoms. The highest BCUT2D eigenvalue weighted by atomic mass is 19.4. The molecule has 1 unspecified atom stereocenters. The summed E-state index contributed by atoms with van der Waals surface area (Å²) in [7, 11) is 1.10. The summed E-state index contributed by atoms with van der Waals surface area (Å²) in [5.41, 5.74) is -2.84. The molecule has 0 spiro atoms. The van der Waals surface area contributed by atoms with Gasteiger partial charge in [0.05, 0.1) is 17.9 Å². The van der Waals surface area contributed by atoms with Crippen molar-refractivity contribution in [2.75, 3.05) is 13.7 Å². The van der Waals surface area contributed by atoms with E-state index < -0.39 is 47.4 Å². The molecule has 11 heteroatoms. The first kappa shape index (κ1) is 24.5. The Morgan fingerprint density at radius 1 is 0.885 bits per heavy atom. The van der Waals surface area contributed by atoms with E-state index in [1.165, 1.54) is 20.8 Å². The first-order valence-corrected chi connectivity index (χ1v) is 7.46. The number of esters is 2. The van der Waals surface area contributed by atoms with Gasteiger partial charge < -0.3 is 9.47 Å². The maximum Gasteiger partial charge on any atom is 0.460 e. The molecular formula is C15H21F7O4. The molecule has 0 heterocycles. The molecule has 0 radical (unpaired) electrons. The Balaban J connectivity index is 5.24. The second-order valence-corrected chi connectivity index (χ2v) is 6.82. The molecular weight excluding hydrogens is 377 g/mol. The Kier molecular flexibility index (Phi) is 7.14. The fourth-order valence-electron chi connectivity index (χ4n) is 2.29. The maximum absolute atomic E-state index is 13.2. The van der Waals surface area contributed by atoms with Crippen LogP contribution in [0.2, 0.25) is 0 Å². The number of halogens is 7. The van der Waals surface area contributed by atoms with Gasteiger partial charge in [0.1, 0.15) is 0 Å². The standard InChI is InChI=1S/C15H21F7O4/c1-6-12(4,10(24)25-5)7-11(2,3)9(23)26-8-13(16,17)14(18,19)15(20,21)22/h6-8H2,1-5H3. The summed E-state index contributed by atoms with van der Waals surface area (Å²) in [6, 6.07) is 0. The molecule has 0 N–H and O–H groups in total. The molecule has 0 aromatic heterocycles. The van der Waals surface area contributed by atoms with Gasteiger partial charge in [0.25, 0.3) is 0 Å². The quantitative estimate of drug-likeness (QED) is 0.450. The summed E-state index contributed by atoms with van der Waals surface area (Å²) in [5, 5.41) is 0. The van der Waals surface area contributed by atoms with E-state index in [9.17, 15) is 40.3 Å². The van der Waals surface area contributed by atoms with Crippen LogP contribution < -0.4 is 0 Å². The zero-order valence-corrected chi connectivity index (χ0v) is 14.9. The summed E-state index contributed by atoms with van der Waals surface area (Å²) in [5.74, 6) is -14.2. The Bertz CT molecular complexity index is 529. The summed E-state index contributed by atoms with van der Waals surface area (Å²) in [6.07, 6.45) is -6.58. The fourth-order valence-corrected chi connectivity index (χ4v) is 2.29. The van der Waals surface area contributed by atoms with Crippen LogP contribution in [0.4, 0.5) is 30.7 Å². The lowest BCUT2D eigenvalue weighted by Gasteiger charge is -2.34. The van der Waals surface area contributed by atoms with E-state index in [1.54, 1.807) is 6.92 Å². The molecule has 4 nitrogen and oxygen atoms in total. The number of hydrogen-bond acceptors (Lipinski definition) is 4. The van der Waals surface area contributed by atoms with E-state index in [-0.39, 0.29) is 12.8 Å². The first-order chi connectivity index (χ1) is 11.4. The Hall–Kier alpha value is -1.55. The van der Waals surface area contributed by atoms with Crippen molar-refractivity contribution in [3.63, 3.8) is 0 Å². The van der Waals surface area contributed by atoms with Crippen LogP contribution in [0.15, 0.2) is 0 Å². The molecule has 0 amide bonds. The van der Waals surface area contributed by atoms with Gasteiger partial charge in [0.15, 0.2) is 6.61 Å². The average molecular weight is 398 g/mol. The minimum atomic E-state index is -6.51. The maximum atomic E-state index is 13.2. The van der Waals surface area contributed by atoms with E-state index >= 15 is 0 Å². The Morgan fingerprint density at radius 3 is 1.69 bits per heavy atom. The largest absolute Gasteiger partial charge is 0.469 e. The number of alkyl halides is 7. The van der Waals surface area contributed by atoms with Gasteiger partial charge in [-0.15, -0.1) is 0 Å². The van der Waals surface area contributed by atoms with Crippen molar-refractivity contribution in [1.82, 2.24) is 0 Å². The van der Waals surface area contributed by atoms with Crippen LogP contribution in [0.25, 0.3) is 0 Å². The van der Waals surface area contributed by atoms with Gasteiger partial charge in [-0.25, -0.2) is 0 Å². The van der Waals surface area contributed by atoms with E-state index in [4.69, 9.17) is 0 Å². The number of rotatable bonds is 8. The summed E-state index contributed by atoms with van der Waals surface area (Å²) in [4.78, 5) is 23.8. The van der Waals surface area contributed by atoms with Gasteiger partial charge in [-0.05, 0) is 33.6 Å². The van der Waals surface area contributed by atoms with Crippen molar-refractivity contribution in [3.05, 3.63) is 0 Å². The highest BCUT2D eigenvalue weighted by molar-refractivity contribution is 5.80. The summed E-state index contributed by atoms with van der Waals surface area (Å²) in [6.45, 7) is 2.94. The third kappa shape index (κ3) is 5.00. The van der Waals surface area contributed by atoms with Crippen molar-refractivity contribution in [1.29, 1.82) is 0 Å². The normalized spacial score (nSPS) is 16.0. The molecule has 0 saturated carbocycles. The van der Waals surface area contributed by atoms with Gasteiger partial charge in [-0.2, -0.15) is 30.7 Å². The number of ether oxygens (including phenoxy) is 2. The van der Waals surface area contributed by atoms with Crippen LogP contribution >= 0.6 is 0 Å². The van der Waals surface area contributed by atoms with Crippen molar-refractivity contribution in [2.45, 2.75) is 58.6 Å². The van der Waals surface area contributed by atoms with Crippen molar-refractivity contribution in [3.8, 4) is 0 Å². The fraction of sp³-hybridized carbons (Fsp3) is 0.867. The SMILES string of the molecule is CCC(C)(CC(C)(C)C(=O)OCC(F)(F)C(F)(F)C(F)(F)F)C(=O)OC. The second kappa shape index (κ2) is 7.59. The van der Waals surface area contributed by atoms with Gasteiger partial charge in [0.2, 0.25) is 0 Å². The van der Waals surface area contributed by atoms with Crippen LogP contribution in [0.5, 0.6) is 0 Å². The zero-order valence-electron chi connectivity index (χ0n) is 14.9. The van der Waals surface area contributed by atoms with Gasteiger partial charge >= 0.3 is 30.0 Å². The van der Waals surface area contributed by atoms with Gasteiger partial charge in [-0.3, -0.25) is 9.59 Å². The molecule has 154 valence electrons. The molecule has 0 aliphatic carbocycles. The highest BCUT2D eigenvalue weighted by Crippen LogP contribution is 2.47.